The van der Waals surface area contributed by atoms with E-state index in [0.29, 0.717) is 22.3 Å². The lowest BCUT2D eigenvalue weighted by Crippen LogP contribution is -2.30. The molecule has 4 aromatic rings. The van der Waals surface area contributed by atoms with Crippen molar-refractivity contribution in [2.24, 2.45) is 5.92 Å². The lowest BCUT2D eigenvalue weighted by molar-refractivity contribution is -0.141. The van der Waals surface area contributed by atoms with Crippen LogP contribution in [0, 0.1) is 5.92 Å². The number of nitrogens with zero attached hydrogens (tertiary/aromatic N) is 3. The number of amides is 1. The van der Waals surface area contributed by atoms with Crippen molar-refractivity contribution >= 4 is 45.3 Å². The largest absolute Gasteiger partial charge is 0.481 e. The number of aliphatic carboxylic acids is 1. The molecule has 1 amide bonds. The normalized spacial score (nSPS) is 19.1. The molecule has 2 aromatic carbocycles. The number of carbonyl (C=O) groups excluding carboxylic acids is 2. The van der Waals surface area contributed by atoms with Crippen molar-refractivity contribution in [2.75, 3.05) is 4.90 Å². The average Bonchev–Trinajstić information content (AvgIpc) is 3.31. The summed E-state index contributed by atoms with van der Waals surface area (Å²) in [6.07, 6.45) is 2.72. The Morgan fingerprint density at radius 1 is 1.07 bits per heavy atom. The highest BCUT2D eigenvalue weighted by molar-refractivity contribution is 6.45. The molecule has 148 valence electrons. The quantitative estimate of drug-likeness (QED) is 0.509. The number of rotatable bonds is 4. The number of fused-ring (bicyclic) bond motifs is 2. The van der Waals surface area contributed by atoms with Crippen LogP contribution >= 0.6 is 0 Å². The van der Waals surface area contributed by atoms with Crippen LogP contribution in [0.25, 0.3) is 21.9 Å². The SMILES string of the molecule is O=C(O)CC1C(=O)C(=O)N(c2ccc3nc[nH]c3c2)C1c1ccnc2ccccc12. The molecule has 0 radical (unpaired) electrons. The molecule has 1 aliphatic heterocycles. The fourth-order valence-corrected chi connectivity index (χ4v) is 4.20. The van der Waals surface area contributed by atoms with Gasteiger partial charge in [0.25, 0.3) is 5.91 Å². The molecule has 0 bridgehead atoms. The van der Waals surface area contributed by atoms with E-state index in [9.17, 15) is 19.5 Å². The molecule has 3 heterocycles. The first kappa shape index (κ1) is 18.0. The summed E-state index contributed by atoms with van der Waals surface area (Å²) in [6, 6.07) is 13.6. The van der Waals surface area contributed by atoms with Crippen LogP contribution in [0.2, 0.25) is 0 Å². The number of benzene rings is 2. The summed E-state index contributed by atoms with van der Waals surface area (Å²) < 4.78 is 0. The summed E-state index contributed by atoms with van der Waals surface area (Å²) in [6.45, 7) is 0. The van der Waals surface area contributed by atoms with Crippen LogP contribution < -0.4 is 4.90 Å². The minimum absolute atomic E-state index is 0.436. The van der Waals surface area contributed by atoms with Crippen LogP contribution in [-0.2, 0) is 14.4 Å². The Balaban J connectivity index is 1.73. The zero-order valence-corrected chi connectivity index (χ0v) is 15.6. The number of pyridine rings is 1. The number of anilines is 1. The van der Waals surface area contributed by atoms with Gasteiger partial charge in [0.1, 0.15) is 0 Å². The molecule has 5 rings (SSSR count). The zero-order chi connectivity index (χ0) is 20.8. The van der Waals surface area contributed by atoms with Gasteiger partial charge in [-0.1, -0.05) is 18.2 Å². The summed E-state index contributed by atoms with van der Waals surface area (Å²) in [5.41, 5.74) is 3.34. The molecule has 8 nitrogen and oxygen atoms in total. The molecule has 1 saturated heterocycles. The van der Waals surface area contributed by atoms with Crippen molar-refractivity contribution in [2.45, 2.75) is 12.5 Å². The van der Waals surface area contributed by atoms with E-state index in [1.54, 1.807) is 36.8 Å². The second kappa shape index (κ2) is 6.77. The predicted octanol–water partition coefficient (Wildman–Crippen LogP) is 2.86. The van der Waals surface area contributed by atoms with E-state index in [-0.39, 0.29) is 0 Å². The van der Waals surface area contributed by atoms with Gasteiger partial charge in [0.15, 0.2) is 0 Å². The van der Waals surface area contributed by atoms with Gasteiger partial charge in [-0.3, -0.25) is 24.3 Å². The van der Waals surface area contributed by atoms with Crippen LogP contribution in [-0.4, -0.2) is 37.7 Å². The van der Waals surface area contributed by atoms with E-state index < -0.39 is 36.0 Å². The highest BCUT2D eigenvalue weighted by Crippen LogP contribution is 2.43. The molecule has 2 atom stereocenters. The number of imidazole rings is 1. The molecular formula is C22H16N4O4. The van der Waals surface area contributed by atoms with E-state index in [1.807, 2.05) is 24.3 Å². The number of carboxylic acids is 1. The number of ketones is 1. The van der Waals surface area contributed by atoms with Crippen molar-refractivity contribution < 1.29 is 19.5 Å². The van der Waals surface area contributed by atoms with Gasteiger partial charge < -0.3 is 10.1 Å². The third-order valence-electron chi connectivity index (χ3n) is 5.50. The van der Waals surface area contributed by atoms with Crippen LogP contribution in [0.5, 0.6) is 0 Å². The van der Waals surface area contributed by atoms with Gasteiger partial charge in [0, 0.05) is 17.3 Å². The Hall–Kier alpha value is -4.07. The van der Waals surface area contributed by atoms with Crippen molar-refractivity contribution in [1.82, 2.24) is 15.0 Å². The first-order valence-corrected chi connectivity index (χ1v) is 9.40. The molecular weight excluding hydrogens is 384 g/mol. The summed E-state index contributed by atoms with van der Waals surface area (Å²) in [4.78, 5) is 50.4. The Labute approximate surface area is 170 Å². The number of aromatic nitrogens is 3. The fourth-order valence-electron chi connectivity index (χ4n) is 4.20. The van der Waals surface area contributed by atoms with Crippen molar-refractivity contribution in [3.63, 3.8) is 0 Å². The van der Waals surface area contributed by atoms with Crippen molar-refractivity contribution in [3.05, 3.63) is 66.6 Å². The summed E-state index contributed by atoms with van der Waals surface area (Å²) in [5.74, 6) is -3.55. The van der Waals surface area contributed by atoms with E-state index in [4.69, 9.17) is 0 Å². The number of Topliss-reactive ketones (excluding diaryl/α,β-unsaturated/α-hetero) is 1. The van der Waals surface area contributed by atoms with Gasteiger partial charge in [-0.05, 0) is 35.9 Å². The van der Waals surface area contributed by atoms with Crippen LogP contribution in [0.4, 0.5) is 5.69 Å². The number of hydrogen-bond acceptors (Lipinski definition) is 5. The van der Waals surface area contributed by atoms with Gasteiger partial charge in [0.2, 0.25) is 5.78 Å². The molecule has 0 aliphatic carbocycles. The third kappa shape index (κ3) is 2.73. The molecule has 2 N–H and O–H groups in total. The van der Waals surface area contributed by atoms with Gasteiger partial charge in [0.05, 0.1) is 41.3 Å². The van der Waals surface area contributed by atoms with Gasteiger partial charge >= 0.3 is 5.97 Å². The van der Waals surface area contributed by atoms with E-state index in [0.717, 1.165) is 10.9 Å². The molecule has 30 heavy (non-hydrogen) atoms. The molecule has 8 heteroatoms. The molecule has 2 aromatic heterocycles. The second-order valence-corrected chi connectivity index (χ2v) is 7.21. The molecule has 0 spiro atoms. The van der Waals surface area contributed by atoms with Crippen LogP contribution in [0.15, 0.2) is 61.1 Å². The first-order chi connectivity index (χ1) is 14.5. The molecule has 0 saturated carbocycles. The number of carboxylic acid groups (broad SMARTS) is 1. The molecule has 1 fully saturated rings. The number of H-pyrrole nitrogens is 1. The maximum Gasteiger partial charge on any atom is 0.304 e. The van der Waals surface area contributed by atoms with Crippen molar-refractivity contribution in [1.29, 1.82) is 0 Å². The smallest absolute Gasteiger partial charge is 0.304 e. The number of para-hydroxylation sites is 1. The van der Waals surface area contributed by atoms with Gasteiger partial charge in [-0.15, -0.1) is 0 Å². The van der Waals surface area contributed by atoms with Crippen molar-refractivity contribution in [3.8, 4) is 0 Å². The van der Waals surface area contributed by atoms with E-state index in [1.165, 1.54) is 4.90 Å². The molecule has 1 aliphatic rings. The van der Waals surface area contributed by atoms with Gasteiger partial charge in [-0.25, -0.2) is 4.98 Å². The van der Waals surface area contributed by atoms with Crippen LogP contribution in [0.1, 0.15) is 18.0 Å². The van der Waals surface area contributed by atoms with E-state index >= 15 is 0 Å². The minimum Gasteiger partial charge on any atom is -0.481 e. The highest BCUT2D eigenvalue weighted by atomic mass is 16.4. The number of carbonyl (C=O) groups is 3. The predicted molar refractivity (Wildman–Crippen MR) is 109 cm³/mol. The number of nitrogens with one attached hydrogen (secondary N) is 1. The lowest BCUT2D eigenvalue weighted by atomic mass is 9.88. The van der Waals surface area contributed by atoms with Crippen LogP contribution in [0.3, 0.4) is 0 Å². The van der Waals surface area contributed by atoms with Gasteiger partial charge in [-0.2, -0.15) is 0 Å². The Morgan fingerprint density at radius 2 is 1.90 bits per heavy atom. The lowest BCUT2D eigenvalue weighted by Gasteiger charge is -2.28. The summed E-state index contributed by atoms with van der Waals surface area (Å²) in [7, 11) is 0. The Morgan fingerprint density at radius 3 is 2.73 bits per heavy atom. The first-order valence-electron chi connectivity index (χ1n) is 9.40. The Kier molecular flexibility index (Phi) is 4.06. The second-order valence-electron chi connectivity index (χ2n) is 7.21. The molecule has 2 unspecified atom stereocenters. The standard InChI is InChI=1S/C22H16N4O4/c27-19(28)10-15-20(14-7-8-23-16-4-2-1-3-13(14)16)26(22(30)21(15)29)12-5-6-17-18(9-12)25-11-24-17/h1-9,11,15,20H,10H2,(H,24,25)(H,27,28). The third-order valence-corrected chi connectivity index (χ3v) is 5.50. The fraction of sp³-hybridized carbons (Fsp3) is 0.136. The number of aromatic amines is 1. The Bertz CT molecular complexity index is 1320. The average molecular weight is 400 g/mol. The summed E-state index contributed by atoms with van der Waals surface area (Å²) >= 11 is 0. The minimum atomic E-state index is -1.13. The zero-order valence-electron chi connectivity index (χ0n) is 15.6. The maximum absolute atomic E-state index is 13.0. The van der Waals surface area contributed by atoms with E-state index in [2.05, 4.69) is 15.0 Å². The monoisotopic (exact) mass is 400 g/mol. The highest BCUT2D eigenvalue weighted by Gasteiger charge is 2.50. The topological polar surface area (TPSA) is 116 Å². The maximum atomic E-state index is 13.0. The number of hydrogen-bond donors (Lipinski definition) is 2. The summed E-state index contributed by atoms with van der Waals surface area (Å²) in [5, 5.41) is 10.2.